The molecule has 2 saturated heterocycles. The smallest absolute Gasteiger partial charge is 0.254 e. The summed E-state index contributed by atoms with van der Waals surface area (Å²) in [6, 6.07) is 15.4. The maximum absolute atomic E-state index is 13.1. The number of carbonyl (C=O) groups excluding carboxylic acids is 1. The molecule has 2 aromatic carbocycles. The Morgan fingerprint density at radius 1 is 1.00 bits per heavy atom. The Balaban J connectivity index is 1.23. The van der Waals surface area contributed by atoms with Crippen molar-refractivity contribution in [1.82, 2.24) is 9.80 Å². The summed E-state index contributed by atoms with van der Waals surface area (Å²) in [5, 5.41) is 0. The number of piperazine rings is 1. The molecular formula is C29H41N3O2. The van der Waals surface area contributed by atoms with E-state index in [0.717, 1.165) is 69.0 Å². The molecule has 5 nitrogen and oxygen atoms in total. The first-order valence-electron chi connectivity index (χ1n) is 13.2. The van der Waals surface area contributed by atoms with Crippen molar-refractivity contribution in [2.24, 2.45) is 0 Å². The molecule has 184 valence electrons. The van der Waals surface area contributed by atoms with Gasteiger partial charge in [0.05, 0.1) is 6.61 Å². The highest BCUT2D eigenvalue weighted by Crippen LogP contribution is 2.23. The third-order valence-corrected chi connectivity index (χ3v) is 7.51. The molecule has 0 spiro atoms. The Hall–Kier alpha value is -2.53. The van der Waals surface area contributed by atoms with E-state index in [9.17, 15) is 4.79 Å². The number of anilines is 1. The quantitative estimate of drug-likeness (QED) is 0.507. The minimum Gasteiger partial charge on any atom is -0.494 e. The van der Waals surface area contributed by atoms with E-state index in [-0.39, 0.29) is 5.91 Å². The molecule has 2 heterocycles. The topological polar surface area (TPSA) is 36.0 Å². The lowest BCUT2D eigenvalue weighted by atomic mass is 10.0. The summed E-state index contributed by atoms with van der Waals surface area (Å²) in [5.74, 6) is 1.10. The van der Waals surface area contributed by atoms with E-state index >= 15 is 0 Å². The van der Waals surface area contributed by atoms with Gasteiger partial charge in [0.1, 0.15) is 5.75 Å². The lowest BCUT2D eigenvalue weighted by Crippen LogP contribution is -2.49. The van der Waals surface area contributed by atoms with E-state index in [1.807, 2.05) is 11.8 Å². The number of ether oxygens (including phenoxy) is 1. The molecule has 2 aliphatic rings. The van der Waals surface area contributed by atoms with Gasteiger partial charge >= 0.3 is 0 Å². The van der Waals surface area contributed by atoms with Gasteiger partial charge in [-0.15, -0.1) is 0 Å². The molecule has 0 N–H and O–H groups in total. The van der Waals surface area contributed by atoms with E-state index in [1.54, 1.807) is 0 Å². The number of carbonyl (C=O) groups is 1. The largest absolute Gasteiger partial charge is 0.494 e. The lowest BCUT2D eigenvalue weighted by Gasteiger charge is -2.36. The molecule has 5 heteroatoms. The monoisotopic (exact) mass is 463 g/mol. The molecule has 0 aromatic heterocycles. The molecular weight excluding hydrogens is 422 g/mol. The summed E-state index contributed by atoms with van der Waals surface area (Å²) in [5.41, 5.74) is 4.33. The molecule has 2 aliphatic heterocycles. The number of benzene rings is 2. The second-order valence-corrected chi connectivity index (χ2v) is 9.86. The number of piperidine rings is 1. The number of hydrogen-bond acceptors (Lipinski definition) is 4. The minimum absolute atomic E-state index is 0.162. The van der Waals surface area contributed by atoms with E-state index in [4.69, 9.17) is 4.74 Å². The second kappa shape index (κ2) is 11.7. The van der Waals surface area contributed by atoms with Gasteiger partial charge in [-0.2, -0.15) is 0 Å². The standard InChI is InChI=1S/C29H41N3O2/c1-4-25-10-9-23(2)28(22-25)29(33)32-19-17-31(18-20-32)26-11-13-27(14-12-26)34-21-7-16-30-15-6-5-8-24(30)3/h9-14,22,24H,4-8,15-21H2,1-3H3. The molecule has 0 bridgehead atoms. The second-order valence-electron chi connectivity index (χ2n) is 9.86. The Kier molecular flexibility index (Phi) is 8.49. The number of amides is 1. The van der Waals surface area contributed by atoms with Crippen LogP contribution in [0.15, 0.2) is 42.5 Å². The lowest BCUT2D eigenvalue weighted by molar-refractivity contribution is 0.0746. The van der Waals surface area contributed by atoms with Crippen molar-refractivity contribution < 1.29 is 9.53 Å². The number of aryl methyl sites for hydroxylation is 2. The highest BCUT2D eigenvalue weighted by Gasteiger charge is 2.23. The van der Waals surface area contributed by atoms with Gasteiger partial charge in [-0.05, 0) is 87.5 Å². The van der Waals surface area contributed by atoms with E-state index in [2.05, 4.69) is 66.1 Å². The van der Waals surface area contributed by atoms with Crippen LogP contribution in [-0.4, -0.2) is 67.6 Å². The predicted molar refractivity (Wildman–Crippen MR) is 140 cm³/mol. The molecule has 34 heavy (non-hydrogen) atoms. The van der Waals surface area contributed by atoms with Crippen molar-refractivity contribution in [3.63, 3.8) is 0 Å². The van der Waals surface area contributed by atoms with Gasteiger partial charge in [0.2, 0.25) is 0 Å². The first-order chi connectivity index (χ1) is 16.5. The summed E-state index contributed by atoms with van der Waals surface area (Å²) in [6.07, 6.45) is 6.06. The third kappa shape index (κ3) is 6.12. The molecule has 4 rings (SSSR count). The van der Waals surface area contributed by atoms with Gasteiger partial charge in [0.25, 0.3) is 5.91 Å². The zero-order chi connectivity index (χ0) is 23.9. The van der Waals surface area contributed by atoms with Crippen LogP contribution in [0.25, 0.3) is 0 Å². The van der Waals surface area contributed by atoms with Crippen molar-refractivity contribution in [2.45, 2.75) is 58.9 Å². The van der Waals surface area contributed by atoms with Gasteiger partial charge in [-0.3, -0.25) is 4.79 Å². The van der Waals surface area contributed by atoms with Gasteiger partial charge in [-0.1, -0.05) is 25.5 Å². The number of likely N-dealkylation sites (tertiary alicyclic amines) is 1. The summed E-state index contributed by atoms with van der Waals surface area (Å²) in [7, 11) is 0. The minimum atomic E-state index is 0.162. The first-order valence-corrected chi connectivity index (χ1v) is 13.2. The molecule has 0 saturated carbocycles. The SMILES string of the molecule is CCc1ccc(C)c(C(=O)N2CCN(c3ccc(OCCCN4CCCCC4C)cc3)CC2)c1. The van der Waals surface area contributed by atoms with E-state index in [0.29, 0.717) is 6.04 Å². The normalized spacial score (nSPS) is 19.3. The molecule has 1 atom stereocenters. The summed E-state index contributed by atoms with van der Waals surface area (Å²) >= 11 is 0. The van der Waals surface area contributed by atoms with Crippen molar-refractivity contribution in [3.8, 4) is 5.75 Å². The molecule has 1 amide bonds. The Labute approximate surface area is 205 Å². The van der Waals surface area contributed by atoms with Crippen LogP contribution in [0.1, 0.15) is 61.0 Å². The van der Waals surface area contributed by atoms with Crippen LogP contribution in [0.4, 0.5) is 5.69 Å². The van der Waals surface area contributed by atoms with Crippen LogP contribution < -0.4 is 9.64 Å². The fourth-order valence-electron chi connectivity index (χ4n) is 5.16. The van der Waals surface area contributed by atoms with Gasteiger partial charge < -0.3 is 19.4 Å². The van der Waals surface area contributed by atoms with Crippen LogP contribution in [0, 0.1) is 6.92 Å². The maximum atomic E-state index is 13.1. The van der Waals surface area contributed by atoms with Crippen LogP contribution >= 0.6 is 0 Å². The Morgan fingerprint density at radius 2 is 1.76 bits per heavy atom. The Morgan fingerprint density at radius 3 is 2.47 bits per heavy atom. The average Bonchev–Trinajstić information content (AvgIpc) is 2.88. The highest BCUT2D eigenvalue weighted by atomic mass is 16.5. The van der Waals surface area contributed by atoms with Gasteiger partial charge in [0.15, 0.2) is 0 Å². The average molecular weight is 464 g/mol. The fourth-order valence-corrected chi connectivity index (χ4v) is 5.16. The zero-order valence-electron chi connectivity index (χ0n) is 21.3. The fraction of sp³-hybridized carbons (Fsp3) is 0.552. The van der Waals surface area contributed by atoms with E-state index < -0.39 is 0 Å². The molecule has 0 aliphatic carbocycles. The van der Waals surface area contributed by atoms with Crippen LogP contribution in [0.3, 0.4) is 0 Å². The number of rotatable bonds is 8. The summed E-state index contributed by atoms with van der Waals surface area (Å²) in [4.78, 5) is 20.1. The van der Waals surface area contributed by atoms with Crippen LogP contribution in [-0.2, 0) is 6.42 Å². The Bertz CT molecular complexity index is 935. The van der Waals surface area contributed by atoms with Gasteiger partial charge in [-0.25, -0.2) is 0 Å². The van der Waals surface area contributed by atoms with E-state index in [1.165, 1.54) is 37.1 Å². The highest BCUT2D eigenvalue weighted by molar-refractivity contribution is 5.96. The van der Waals surface area contributed by atoms with Crippen LogP contribution in [0.5, 0.6) is 5.75 Å². The molecule has 0 radical (unpaired) electrons. The summed E-state index contributed by atoms with van der Waals surface area (Å²) in [6.45, 7) is 12.8. The van der Waals surface area contributed by atoms with Crippen LogP contribution in [0.2, 0.25) is 0 Å². The van der Waals surface area contributed by atoms with Crippen molar-refractivity contribution in [1.29, 1.82) is 0 Å². The van der Waals surface area contributed by atoms with Crippen molar-refractivity contribution >= 4 is 11.6 Å². The number of nitrogens with zero attached hydrogens (tertiary/aromatic N) is 3. The van der Waals surface area contributed by atoms with Crippen molar-refractivity contribution in [3.05, 3.63) is 59.2 Å². The molecule has 2 aromatic rings. The number of hydrogen-bond donors (Lipinski definition) is 0. The summed E-state index contributed by atoms with van der Waals surface area (Å²) < 4.78 is 6.00. The predicted octanol–water partition coefficient (Wildman–Crippen LogP) is 5.16. The zero-order valence-corrected chi connectivity index (χ0v) is 21.3. The van der Waals surface area contributed by atoms with Crippen molar-refractivity contribution in [2.75, 3.05) is 50.8 Å². The molecule has 2 fully saturated rings. The first kappa shape index (κ1) is 24.6. The van der Waals surface area contributed by atoms with Gasteiger partial charge in [0, 0.05) is 50.0 Å². The maximum Gasteiger partial charge on any atom is 0.254 e. The molecule has 1 unspecified atom stereocenters. The third-order valence-electron chi connectivity index (χ3n) is 7.51.